The smallest absolute Gasteiger partial charge is 0.416 e. The van der Waals surface area contributed by atoms with Crippen LogP contribution >= 0.6 is 0 Å². The van der Waals surface area contributed by atoms with E-state index in [2.05, 4.69) is 5.32 Å². The second-order valence-electron chi connectivity index (χ2n) is 6.51. The molecule has 0 saturated heterocycles. The highest BCUT2D eigenvalue weighted by Crippen LogP contribution is 2.37. The zero-order chi connectivity index (χ0) is 19.6. The van der Waals surface area contributed by atoms with Gasteiger partial charge in [-0.1, -0.05) is 6.07 Å². The van der Waals surface area contributed by atoms with Gasteiger partial charge in [-0.2, -0.15) is 13.2 Å². The van der Waals surface area contributed by atoms with Crippen LogP contribution in [-0.4, -0.2) is 20.8 Å². The molecule has 2 aromatic rings. The van der Waals surface area contributed by atoms with Crippen molar-refractivity contribution in [2.45, 2.75) is 31.5 Å². The fourth-order valence-corrected chi connectivity index (χ4v) is 3.45. The monoisotopic (exact) mass is 383 g/mol. The van der Waals surface area contributed by atoms with Crippen LogP contribution in [0.1, 0.15) is 34.7 Å². The molecule has 1 unspecified atom stereocenters. The van der Waals surface area contributed by atoms with Gasteiger partial charge in [0.25, 0.3) is 0 Å². The zero-order valence-corrected chi connectivity index (χ0v) is 15.1. The summed E-state index contributed by atoms with van der Waals surface area (Å²) in [6, 6.07) is 6.53. The Bertz CT molecular complexity index is 820. The summed E-state index contributed by atoms with van der Waals surface area (Å²) in [5, 5.41) is 3.39. The van der Waals surface area contributed by atoms with Crippen LogP contribution in [0.15, 0.2) is 30.3 Å². The Kier molecular flexibility index (Phi) is 5.60. The van der Waals surface area contributed by atoms with Crippen LogP contribution in [0, 0.1) is 5.82 Å². The fraction of sp³-hybridized carbons (Fsp3) is 0.400. The molecule has 0 bridgehead atoms. The van der Waals surface area contributed by atoms with Crippen LogP contribution in [0.2, 0.25) is 0 Å². The van der Waals surface area contributed by atoms with Gasteiger partial charge in [-0.15, -0.1) is 0 Å². The third-order valence-electron chi connectivity index (χ3n) is 4.89. The lowest BCUT2D eigenvalue weighted by Crippen LogP contribution is -2.30. The lowest BCUT2D eigenvalue weighted by molar-refractivity contribution is -0.137. The number of hydrogen-bond donors (Lipinski definition) is 1. The molecule has 0 fully saturated rings. The number of ether oxygens (including phenoxy) is 2. The highest BCUT2D eigenvalue weighted by molar-refractivity contribution is 5.49. The van der Waals surface area contributed by atoms with E-state index in [4.69, 9.17) is 9.47 Å². The first kappa shape index (κ1) is 19.5. The summed E-state index contributed by atoms with van der Waals surface area (Å²) in [6.45, 7) is 0.767. The van der Waals surface area contributed by atoms with Gasteiger partial charge in [0.05, 0.1) is 19.8 Å². The summed E-state index contributed by atoms with van der Waals surface area (Å²) in [5.74, 6) is 0.449. The van der Waals surface area contributed by atoms with Crippen molar-refractivity contribution in [1.29, 1.82) is 0 Å². The molecule has 0 radical (unpaired) electrons. The highest BCUT2D eigenvalue weighted by atomic mass is 19.4. The van der Waals surface area contributed by atoms with E-state index >= 15 is 0 Å². The Morgan fingerprint density at radius 1 is 1.07 bits per heavy atom. The quantitative estimate of drug-likeness (QED) is 0.761. The van der Waals surface area contributed by atoms with Crippen LogP contribution in [0.3, 0.4) is 0 Å². The van der Waals surface area contributed by atoms with E-state index in [1.54, 1.807) is 14.2 Å². The minimum absolute atomic E-state index is 0.0322. The van der Waals surface area contributed by atoms with Crippen LogP contribution in [0.5, 0.6) is 11.5 Å². The van der Waals surface area contributed by atoms with Crippen LogP contribution in [0.4, 0.5) is 17.6 Å². The van der Waals surface area contributed by atoms with Crippen molar-refractivity contribution in [2.75, 3.05) is 20.8 Å². The van der Waals surface area contributed by atoms with Crippen molar-refractivity contribution in [2.24, 2.45) is 0 Å². The molecule has 0 spiro atoms. The van der Waals surface area contributed by atoms with Crippen molar-refractivity contribution in [3.05, 3.63) is 58.4 Å². The molecule has 0 saturated carbocycles. The fourth-order valence-electron chi connectivity index (χ4n) is 3.45. The molecule has 7 heteroatoms. The summed E-state index contributed by atoms with van der Waals surface area (Å²) in [7, 11) is 3.14. The Morgan fingerprint density at radius 3 is 2.41 bits per heavy atom. The van der Waals surface area contributed by atoms with Crippen molar-refractivity contribution >= 4 is 0 Å². The molecule has 0 amide bonds. The summed E-state index contributed by atoms with van der Waals surface area (Å²) in [6.07, 6.45) is -2.82. The maximum Gasteiger partial charge on any atom is 0.416 e. The van der Waals surface area contributed by atoms with Crippen molar-refractivity contribution < 1.29 is 27.0 Å². The van der Waals surface area contributed by atoms with Gasteiger partial charge < -0.3 is 14.8 Å². The van der Waals surface area contributed by atoms with Crippen molar-refractivity contribution in [1.82, 2.24) is 5.32 Å². The number of alkyl halides is 3. The van der Waals surface area contributed by atoms with Gasteiger partial charge in [0.1, 0.15) is 5.82 Å². The number of rotatable bonds is 5. The predicted molar refractivity (Wildman–Crippen MR) is 93.7 cm³/mol. The van der Waals surface area contributed by atoms with E-state index in [9.17, 15) is 17.6 Å². The van der Waals surface area contributed by atoms with Gasteiger partial charge >= 0.3 is 6.18 Å². The number of fused-ring (bicyclic) bond motifs is 1. The molecular weight excluding hydrogens is 362 g/mol. The first-order valence-electron chi connectivity index (χ1n) is 8.67. The number of halogens is 4. The molecule has 146 valence electrons. The van der Waals surface area contributed by atoms with Crippen LogP contribution in [0.25, 0.3) is 0 Å². The van der Waals surface area contributed by atoms with E-state index in [-0.39, 0.29) is 11.6 Å². The maximum absolute atomic E-state index is 14.1. The van der Waals surface area contributed by atoms with E-state index in [0.29, 0.717) is 30.4 Å². The summed E-state index contributed by atoms with van der Waals surface area (Å²) in [4.78, 5) is 0. The first-order valence-corrected chi connectivity index (χ1v) is 8.67. The number of benzene rings is 2. The minimum atomic E-state index is -4.54. The summed E-state index contributed by atoms with van der Waals surface area (Å²) < 4.78 is 62.8. The van der Waals surface area contributed by atoms with Crippen molar-refractivity contribution in [3.63, 3.8) is 0 Å². The molecule has 1 aliphatic rings. The molecule has 3 rings (SSSR count). The molecule has 3 nitrogen and oxygen atoms in total. The number of nitrogens with one attached hydrogen (secondary N) is 1. The van der Waals surface area contributed by atoms with E-state index < -0.39 is 17.6 Å². The normalized spacial score (nSPS) is 16.7. The second-order valence-corrected chi connectivity index (χ2v) is 6.51. The van der Waals surface area contributed by atoms with Gasteiger partial charge in [-0.05, 0) is 66.8 Å². The van der Waals surface area contributed by atoms with Gasteiger partial charge in [-0.3, -0.25) is 0 Å². The average Bonchev–Trinajstić information content (AvgIpc) is 2.65. The van der Waals surface area contributed by atoms with Gasteiger partial charge in [0.15, 0.2) is 11.5 Å². The third-order valence-corrected chi connectivity index (χ3v) is 4.89. The number of aryl methyl sites for hydroxylation is 1. The summed E-state index contributed by atoms with van der Waals surface area (Å²) >= 11 is 0. The average molecular weight is 383 g/mol. The third kappa shape index (κ3) is 4.18. The Morgan fingerprint density at radius 2 is 1.78 bits per heavy atom. The molecule has 1 heterocycles. The SMILES string of the molecule is COc1cc2c(cc1OC)C(CCc1ccc(C(F)(F)F)cc1F)NCC2. The topological polar surface area (TPSA) is 30.5 Å². The van der Waals surface area contributed by atoms with Crippen LogP contribution < -0.4 is 14.8 Å². The number of methoxy groups -OCH3 is 2. The first-order chi connectivity index (χ1) is 12.8. The van der Waals surface area contributed by atoms with Gasteiger partial charge in [0, 0.05) is 6.04 Å². The number of hydrogen-bond acceptors (Lipinski definition) is 3. The molecule has 1 N–H and O–H groups in total. The van der Waals surface area contributed by atoms with Gasteiger partial charge in [0.2, 0.25) is 0 Å². The molecule has 0 aliphatic carbocycles. The standard InChI is InChI=1S/C20H21F4NO2/c1-26-18-9-13-7-8-25-17(15(13)11-19(18)27-2)6-4-12-3-5-14(10-16(12)21)20(22,23)24/h3,5,9-11,17,25H,4,6-8H2,1-2H3. The van der Waals surface area contributed by atoms with Crippen molar-refractivity contribution in [3.8, 4) is 11.5 Å². The van der Waals surface area contributed by atoms with E-state index in [0.717, 1.165) is 30.2 Å². The Hall–Kier alpha value is -2.28. The molecule has 2 aromatic carbocycles. The van der Waals surface area contributed by atoms with Crippen LogP contribution in [-0.2, 0) is 19.0 Å². The van der Waals surface area contributed by atoms with Gasteiger partial charge in [-0.25, -0.2) is 4.39 Å². The molecule has 1 atom stereocenters. The van der Waals surface area contributed by atoms with E-state index in [1.165, 1.54) is 6.07 Å². The zero-order valence-electron chi connectivity index (χ0n) is 15.1. The molecular formula is C20H21F4NO2. The lowest BCUT2D eigenvalue weighted by atomic mass is 9.90. The second kappa shape index (κ2) is 7.76. The minimum Gasteiger partial charge on any atom is -0.493 e. The Balaban J connectivity index is 1.79. The maximum atomic E-state index is 14.1. The molecule has 0 aromatic heterocycles. The summed E-state index contributed by atoms with van der Waals surface area (Å²) in [5.41, 5.74) is 1.48. The molecule has 1 aliphatic heterocycles. The Labute approximate surface area is 155 Å². The van der Waals surface area contributed by atoms with E-state index in [1.807, 2.05) is 12.1 Å². The highest BCUT2D eigenvalue weighted by Gasteiger charge is 2.31. The largest absolute Gasteiger partial charge is 0.493 e. The molecule has 27 heavy (non-hydrogen) atoms. The lowest BCUT2D eigenvalue weighted by Gasteiger charge is -2.28. The predicted octanol–water partition coefficient (Wildman–Crippen LogP) is 4.68.